The van der Waals surface area contributed by atoms with Crippen LogP contribution in [0.15, 0.2) is 36.8 Å². The van der Waals surface area contributed by atoms with Crippen LogP contribution < -0.4 is 5.32 Å². The fraction of sp³-hybridized carbons (Fsp3) is 0.444. The van der Waals surface area contributed by atoms with Gasteiger partial charge in [0.05, 0.1) is 18.0 Å². The van der Waals surface area contributed by atoms with Crippen LogP contribution in [0.1, 0.15) is 23.3 Å². The average molecular weight is 355 g/mol. The smallest absolute Gasteiger partial charge is 0.272 e. The molecule has 4 heterocycles. The zero-order valence-electron chi connectivity index (χ0n) is 14.5. The standard InChI is InChI=1S/C18H21N5O3/c1-22-14(4-7-20-22)18(25)23-8-5-12-9-15(26-16(12)11-23)17(24)21-13-3-2-6-19-10-13/h2-4,6-7,10,12,15-16H,5,8-9,11H2,1H3,(H,21,24)/t12-,15+,16-/m0/s1. The van der Waals surface area contributed by atoms with Crippen LogP contribution in [0.25, 0.3) is 0 Å². The summed E-state index contributed by atoms with van der Waals surface area (Å²) in [5.74, 6) is 0.0995. The van der Waals surface area contributed by atoms with E-state index in [9.17, 15) is 9.59 Å². The number of pyridine rings is 1. The molecule has 0 unspecified atom stereocenters. The number of amides is 2. The number of carbonyl (C=O) groups excluding carboxylic acids is 2. The summed E-state index contributed by atoms with van der Waals surface area (Å²) in [4.78, 5) is 30.9. The third-order valence-electron chi connectivity index (χ3n) is 5.10. The van der Waals surface area contributed by atoms with E-state index in [1.807, 2.05) is 0 Å². The van der Waals surface area contributed by atoms with Gasteiger partial charge in [-0.25, -0.2) is 0 Å². The lowest BCUT2D eigenvalue weighted by Crippen LogP contribution is -2.46. The number of carbonyl (C=O) groups is 2. The molecule has 4 rings (SSSR count). The van der Waals surface area contributed by atoms with Crippen molar-refractivity contribution in [2.45, 2.75) is 25.0 Å². The van der Waals surface area contributed by atoms with E-state index in [0.717, 1.165) is 6.42 Å². The minimum Gasteiger partial charge on any atom is -0.363 e. The second-order valence-corrected chi connectivity index (χ2v) is 6.77. The molecule has 1 N–H and O–H groups in total. The fourth-order valence-corrected chi connectivity index (χ4v) is 3.69. The highest BCUT2D eigenvalue weighted by Gasteiger charge is 2.43. The molecule has 2 aliphatic rings. The first kappa shape index (κ1) is 16.7. The zero-order valence-corrected chi connectivity index (χ0v) is 14.5. The number of rotatable bonds is 3. The first-order valence-corrected chi connectivity index (χ1v) is 8.75. The molecule has 0 saturated carbocycles. The first-order valence-electron chi connectivity index (χ1n) is 8.75. The first-order chi connectivity index (χ1) is 12.6. The van der Waals surface area contributed by atoms with Crippen molar-refractivity contribution >= 4 is 17.5 Å². The lowest BCUT2D eigenvalue weighted by atomic mass is 9.91. The number of piperidine rings is 1. The van der Waals surface area contributed by atoms with Crippen LogP contribution >= 0.6 is 0 Å². The number of likely N-dealkylation sites (tertiary alicyclic amines) is 1. The van der Waals surface area contributed by atoms with Crippen LogP contribution in [-0.4, -0.2) is 56.8 Å². The molecule has 2 aliphatic heterocycles. The van der Waals surface area contributed by atoms with Crippen LogP contribution in [0.3, 0.4) is 0 Å². The highest BCUT2D eigenvalue weighted by molar-refractivity contribution is 5.94. The number of fused-ring (bicyclic) bond motifs is 1. The Morgan fingerprint density at radius 2 is 2.19 bits per heavy atom. The Labute approximate surface area is 151 Å². The van der Waals surface area contributed by atoms with Gasteiger partial charge in [-0.15, -0.1) is 0 Å². The molecule has 136 valence electrons. The molecule has 0 aliphatic carbocycles. The largest absolute Gasteiger partial charge is 0.363 e. The minimum absolute atomic E-state index is 0.0460. The summed E-state index contributed by atoms with van der Waals surface area (Å²) in [6.45, 7) is 1.18. The number of ether oxygens (including phenoxy) is 1. The molecule has 2 amide bonds. The molecule has 3 atom stereocenters. The lowest BCUT2D eigenvalue weighted by molar-refractivity contribution is -0.127. The number of aryl methyl sites for hydroxylation is 1. The summed E-state index contributed by atoms with van der Waals surface area (Å²) in [5.41, 5.74) is 1.22. The van der Waals surface area contributed by atoms with Gasteiger partial charge in [-0.05, 0) is 37.0 Å². The second-order valence-electron chi connectivity index (χ2n) is 6.77. The van der Waals surface area contributed by atoms with Crippen molar-refractivity contribution in [1.29, 1.82) is 0 Å². The van der Waals surface area contributed by atoms with Crippen molar-refractivity contribution < 1.29 is 14.3 Å². The summed E-state index contributed by atoms with van der Waals surface area (Å²) < 4.78 is 7.56. The number of hydrogen-bond donors (Lipinski definition) is 1. The number of anilines is 1. The van der Waals surface area contributed by atoms with Crippen molar-refractivity contribution in [2.75, 3.05) is 18.4 Å². The van der Waals surface area contributed by atoms with Gasteiger partial charge in [0, 0.05) is 32.5 Å². The van der Waals surface area contributed by atoms with Crippen LogP contribution in [0, 0.1) is 5.92 Å². The predicted molar refractivity (Wildman–Crippen MR) is 93.4 cm³/mol. The van der Waals surface area contributed by atoms with Gasteiger partial charge in [-0.3, -0.25) is 19.3 Å². The van der Waals surface area contributed by atoms with Crippen molar-refractivity contribution in [3.8, 4) is 0 Å². The molecular weight excluding hydrogens is 334 g/mol. The van der Waals surface area contributed by atoms with Gasteiger partial charge in [0.2, 0.25) is 0 Å². The number of aromatic nitrogens is 3. The molecule has 0 bridgehead atoms. The number of hydrogen-bond acceptors (Lipinski definition) is 5. The highest BCUT2D eigenvalue weighted by atomic mass is 16.5. The van der Waals surface area contributed by atoms with Crippen molar-refractivity contribution in [1.82, 2.24) is 19.7 Å². The summed E-state index contributed by atoms with van der Waals surface area (Å²) in [6.07, 6.45) is 5.81. The van der Waals surface area contributed by atoms with E-state index in [2.05, 4.69) is 15.4 Å². The maximum Gasteiger partial charge on any atom is 0.272 e. The lowest BCUT2D eigenvalue weighted by Gasteiger charge is -2.33. The third kappa shape index (κ3) is 3.20. The third-order valence-corrected chi connectivity index (χ3v) is 5.10. The van der Waals surface area contributed by atoms with E-state index in [-0.39, 0.29) is 17.9 Å². The Morgan fingerprint density at radius 3 is 2.92 bits per heavy atom. The summed E-state index contributed by atoms with van der Waals surface area (Å²) in [6, 6.07) is 5.28. The molecular formula is C18H21N5O3. The number of nitrogens with one attached hydrogen (secondary N) is 1. The Hall–Kier alpha value is -2.74. The quantitative estimate of drug-likeness (QED) is 0.890. The van der Waals surface area contributed by atoms with Gasteiger partial charge in [0.1, 0.15) is 11.8 Å². The minimum atomic E-state index is -0.489. The molecule has 0 spiro atoms. The van der Waals surface area contributed by atoms with E-state index < -0.39 is 6.10 Å². The summed E-state index contributed by atoms with van der Waals surface area (Å²) in [5, 5.41) is 6.89. The SMILES string of the molecule is Cn1nccc1C(=O)N1CC[C@H]2C[C@H](C(=O)Nc3cccnc3)O[C@H]2C1. The normalized spacial score (nSPS) is 25.0. The van der Waals surface area contributed by atoms with E-state index in [0.29, 0.717) is 36.8 Å². The average Bonchev–Trinajstić information content (AvgIpc) is 3.27. The monoisotopic (exact) mass is 355 g/mol. The van der Waals surface area contributed by atoms with E-state index >= 15 is 0 Å². The molecule has 0 radical (unpaired) electrons. The molecule has 8 nitrogen and oxygen atoms in total. The number of nitrogens with zero attached hydrogens (tertiary/aromatic N) is 4. The Morgan fingerprint density at radius 1 is 1.31 bits per heavy atom. The molecule has 8 heteroatoms. The summed E-state index contributed by atoms with van der Waals surface area (Å²) >= 11 is 0. The van der Waals surface area contributed by atoms with Gasteiger partial charge in [0.25, 0.3) is 11.8 Å². The maximum atomic E-state index is 12.7. The van der Waals surface area contributed by atoms with Gasteiger partial charge in [-0.1, -0.05) is 0 Å². The molecule has 0 aromatic carbocycles. The molecule has 2 aromatic rings. The molecule has 2 saturated heterocycles. The Kier molecular flexibility index (Phi) is 4.42. The second kappa shape index (κ2) is 6.87. The fourth-order valence-electron chi connectivity index (χ4n) is 3.69. The maximum absolute atomic E-state index is 12.7. The van der Waals surface area contributed by atoms with Gasteiger partial charge < -0.3 is 15.0 Å². The van der Waals surface area contributed by atoms with Crippen molar-refractivity contribution in [3.05, 3.63) is 42.5 Å². The highest BCUT2D eigenvalue weighted by Crippen LogP contribution is 2.34. The Balaban J connectivity index is 1.38. The van der Waals surface area contributed by atoms with Crippen LogP contribution in [0.2, 0.25) is 0 Å². The van der Waals surface area contributed by atoms with Gasteiger partial charge in [0.15, 0.2) is 0 Å². The van der Waals surface area contributed by atoms with Crippen LogP contribution in [0.5, 0.6) is 0 Å². The van der Waals surface area contributed by atoms with E-state index in [1.54, 1.807) is 53.4 Å². The summed E-state index contributed by atoms with van der Waals surface area (Å²) in [7, 11) is 1.75. The Bertz CT molecular complexity index is 806. The van der Waals surface area contributed by atoms with Crippen LogP contribution in [-0.2, 0) is 16.6 Å². The molecule has 26 heavy (non-hydrogen) atoms. The van der Waals surface area contributed by atoms with Crippen molar-refractivity contribution in [3.63, 3.8) is 0 Å². The molecule has 2 fully saturated rings. The predicted octanol–water partition coefficient (Wildman–Crippen LogP) is 1.07. The van der Waals surface area contributed by atoms with Gasteiger partial charge in [-0.2, -0.15) is 5.10 Å². The topological polar surface area (TPSA) is 89.4 Å². The van der Waals surface area contributed by atoms with E-state index in [1.165, 1.54) is 0 Å². The van der Waals surface area contributed by atoms with Crippen molar-refractivity contribution in [2.24, 2.45) is 13.0 Å². The van der Waals surface area contributed by atoms with Crippen LogP contribution in [0.4, 0.5) is 5.69 Å². The van der Waals surface area contributed by atoms with Gasteiger partial charge >= 0.3 is 0 Å². The molecule has 2 aromatic heterocycles. The van der Waals surface area contributed by atoms with E-state index in [4.69, 9.17) is 4.74 Å². The zero-order chi connectivity index (χ0) is 18.1.